The van der Waals surface area contributed by atoms with Crippen molar-refractivity contribution < 1.29 is 8.42 Å². The number of sulfonamides is 1. The van der Waals surface area contributed by atoms with Gasteiger partial charge < -0.3 is 4.90 Å². The highest BCUT2D eigenvalue weighted by Gasteiger charge is 2.29. The molecule has 7 nitrogen and oxygen atoms in total. The minimum absolute atomic E-state index is 0.231. The average Bonchev–Trinajstić information content (AvgIpc) is 2.57. The van der Waals surface area contributed by atoms with Gasteiger partial charge in [0.1, 0.15) is 4.90 Å². The zero-order chi connectivity index (χ0) is 14.7. The molecule has 1 saturated heterocycles. The van der Waals surface area contributed by atoms with Crippen LogP contribution < -0.4 is 4.90 Å². The SMILES string of the molecule is O=S(=O)(c1cccnc1)N1CCN(c2ncccn2)CC1. The molecule has 0 radical (unpaired) electrons. The van der Waals surface area contributed by atoms with Crippen molar-refractivity contribution in [3.05, 3.63) is 43.0 Å². The number of hydrogen-bond donors (Lipinski definition) is 0. The summed E-state index contributed by atoms with van der Waals surface area (Å²) < 4.78 is 26.4. The molecule has 0 atom stereocenters. The van der Waals surface area contributed by atoms with Crippen molar-refractivity contribution in [3.8, 4) is 0 Å². The Morgan fingerprint density at radius 3 is 2.29 bits per heavy atom. The molecule has 0 amide bonds. The first-order chi connectivity index (χ1) is 10.2. The summed E-state index contributed by atoms with van der Waals surface area (Å²) in [5.41, 5.74) is 0. The number of aromatic nitrogens is 3. The molecule has 21 heavy (non-hydrogen) atoms. The maximum atomic E-state index is 12.5. The van der Waals surface area contributed by atoms with Crippen LogP contribution in [0.15, 0.2) is 47.9 Å². The van der Waals surface area contributed by atoms with Crippen molar-refractivity contribution in [2.24, 2.45) is 0 Å². The number of piperazine rings is 1. The molecule has 0 spiro atoms. The van der Waals surface area contributed by atoms with Crippen molar-refractivity contribution in [1.29, 1.82) is 0 Å². The predicted molar refractivity (Wildman–Crippen MR) is 77.2 cm³/mol. The second-order valence-corrected chi connectivity index (χ2v) is 6.57. The van der Waals surface area contributed by atoms with Crippen LogP contribution in [0.4, 0.5) is 5.95 Å². The molecule has 0 aliphatic carbocycles. The molecule has 3 rings (SSSR count). The fourth-order valence-electron chi connectivity index (χ4n) is 2.23. The van der Waals surface area contributed by atoms with Gasteiger partial charge in [-0.25, -0.2) is 18.4 Å². The second-order valence-electron chi connectivity index (χ2n) is 4.63. The lowest BCUT2D eigenvalue weighted by atomic mass is 10.4. The van der Waals surface area contributed by atoms with Gasteiger partial charge in [0.25, 0.3) is 0 Å². The topological polar surface area (TPSA) is 79.3 Å². The normalized spacial score (nSPS) is 16.9. The fourth-order valence-corrected chi connectivity index (χ4v) is 3.62. The maximum absolute atomic E-state index is 12.5. The van der Waals surface area contributed by atoms with Crippen molar-refractivity contribution in [2.75, 3.05) is 31.1 Å². The number of anilines is 1. The van der Waals surface area contributed by atoms with E-state index in [1.165, 1.54) is 10.5 Å². The number of pyridine rings is 1. The quantitative estimate of drug-likeness (QED) is 0.816. The molecule has 0 unspecified atom stereocenters. The van der Waals surface area contributed by atoms with Crippen LogP contribution in [0.3, 0.4) is 0 Å². The Balaban J connectivity index is 1.72. The summed E-state index contributed by atoms with van der Waals surface area (Å²) in [4.78, 5) is 14.5. The van der Waals surface area contributed by atoms with Gasteiger partial charge in [-0.3, -0.25) is 4.98 Å². The zero-order valence-corrected chi connectivity index (χ0v) is 12.1. The smallest absolute Gasteiger partial charge is 0.244 e. The maximum Gasteiger partial charge on any atom is 0.244 e. The van der Waals surface area contributed by atoms with Gasteiger partial charge in [-0.05, 0) is 18.2 Å². The summed E-state index contributed by atoms with van der Waals surface area (Å²) in [5.74, 6) is 0.635. The van der Waals surface area contributed by atoms with E-state index in [2.05, 4.69) is 15.0 Å². The third-order valence-electron chi connectivity index (χ3n) is 3.35. The Labute approximate surface area is 123 Å². The van der Waals surface area contributed by atoms with Crippen LogP contribution in [0, 0.1) is 0 Å². The zero-order valence-electron chi connectivity index (χ0n) is 11.3. The van der Waals surface area contributed by atoms with Gasteiger partial charge in [0.15, 0.2) is 0 Å². The van der Waals surface area contributed by atoms with Crippen molar-refractivity contribution >= 4 is 16.0 Å². The number of hydrogen-bond acceptors (Lipinski definition) is 6. The molecule has 110 valence electrons. The van der Waals surface area contributed by atoms with Crippen molar-refractivity contribution in [3.63, 3.8) is 0 Å². The van der Waals surface area contributed by atoms with Gasteiger partial charge >= 0.3 is 0 Å². The average molecular weight is 305 g/mol. The molecule has 2 aromatic rings. The summed E-state index contributed by atoms with van der Waals surface area (Å²) in [6, 6.07) is 4.95. The standard InChI is InChI=1S/C13H15N5O2S/c19-21(20,12-3-1-4-14-11-12)18-9-7-17(8-10-18)13-15-5-2-6-16-13/h1-6,11H,7-10H2. The lowest BCUT2D eigenvalue weighted by molar-refractivity contribution is 0.382. The van der Waals surface area contributed by atoms with E-state index in [9.17, 15) is 8.42 Å². The molecule has 0 saturated carbocycles. The van der Waals surface area contributed by atoms with E-state index < -0.39 is 10.0 Å². The summed E-state index contributed by atoms with van der Waals surface area (Å²) >= 11 is 0. The second kappa shape index (κ2) is 5.74. The molecular formula is C13H15N5O2S. The van der Waals surface area contributed by atoms with Gasteiger partial charge in [-0.2, -0.15) is 4.31 Å². The lowest BCUT2D eigenvalue weighted by Crippen LogP contribution is -2.49. The predicted octanol–water partition coefficient (Wildman–Crippen LogP) is 0.382. The lowest BCUT2D eigenvalue weighted by Gasteiger charge is -2.33. The summed E-state index contributed by atoms with van der Waals surface area (Å²) in [5, 5.41) is 0. The van der Waals surface area contributed by atoms with E-state index in [1.807, 2.05) is 4.90 Å². The van der Waals surface area contributed by atoms with Crippen LogP contribution >= 0.6 is 0 Å². The Morgan fingerprint density at radius 1 is 0.952 bits per heavy atom. The van der Waals surface area contributed by atoms with Crippen molar-refractivity contribution in [2.45, 2.75) is 4.90 Å². The Hall–Kier alpha value is -2.06. The first-order valence-electron chi connectivity index (χ1n) is 6.60. The highest BCUT2D eigenvalue weighted by molar-refractivity contribution is 7.89. The highest BCUT2D eigenvalue weighted by Crippen LogP contribution is 2.18. The molecular weight excluding hydrogens is 290 g/mol. The van der Waals surface area contributed by atoms with E-state index >= 15 is 0 Å². The number of rotatable bonds is 3. The third-order valence-corrected chi connectivity index (χ3v) is 5.23. The van der Waals surface area contributed by atoms with E-state index in [0.29, 0.717) is 32.1 Å². The molecule has 1 fully saturated rings. The number of nitrogens with zero attached hydrogens (tertiary/aromatic N) is 5. The van der Waals surface area contributed by atoms with E-state index in [4.69, 9.17) is 0 Å². The van der Waals surface area contributed by atoms with Gasteiger partial charge in [0.2, 0.25) is 16.0 Å². The largest absolute Gasteiger partial charge is 0.338 e. The van der Waals surface area contributed by atoms with Crippen LogP contribution in [0.25, 0.3) is 0 Å². The molecule has 0 bridgehead atoms. The Morgan fingerprint density at radius 2 is 1.67 bits per heavy atom. The minimum Gasteiger partial charge on any atom is -0.338 e. The molecule has 2 aromatic heterocycles. The van der Waals surface area contributed by atoms with Crippen LogP contribution in [0.5, 0.6) is 0 Å². The molecule has 1 aliphatic rings. The van der Waals surface area contributed by atoms with E-state index in [1.54, 1.807) is 36.8 Å². The molecule has 8 heteroatoms. The van der Waals surface area contributed by atoms with Gasteiger partial charge in [-0.15, -0.1) is 0 Å². The van der Waals surface area contributed by atoms with Crippen molar-refractivity contribution in [1.82, 2.24) is 19.3 Å². The van der Waals surface area contributed by atoms with E-state index in [0.717, 1.165) is 0 Å². The Bertz CT molecular complexity index is 685. The fraction of sp³-hybridized carbons (Fsp3) is 0.308. The first kappa shape index (κ1) is 13.9. The molecule has 1 aliphatic heterocycles. The molecule has 0 aromatic carbocycles. The highest BCUT2D eigenvalue weighted by atomic mass is 32.2. The van der Waals surface area contributed by atoms with Gasteiger partial charge in [0.05, 0.1) is 0 Å². The van der Waals surface area contributed by atoms with Crippen LogP contribution in [0.1, 0.15) is 0 Å². The van der Waals surface area contributed by atoms with Crippen LogP contribution in [0.2, 0.25) is 0 Å². The van der Waals surface area contributed by atoms with Gasteiger partial charge in [-0.1, -0.05) is 0 Å². The molecule has 3 heterocycles. The monoisotopic (exact) mass is 305 g/mol. The van der Waals surface area contributed by atoms with Gasteiger partial charge in [0, 0.05) is 51.0 Å². The minimum atomic E-state index is -3.46. The van der Waals surface area contributed by atoms with Crippen LogP contribution in [-0.4, -0.2) is 53.9 Å². The summed E-state index contributed by atoms with van der Waals surface area (Å²) in [6.45, 7) is 1.97. The summed E-state index contributed by atoms with van der Waals surface area (Å²) in [6.07, 6.45) is 6.30. The third kappa shape index (κ3) is 2.86. The first-order valence-corrected chi connectivity index (χ1v) is 8.04. The summed E-state index contributed by atoms with van der Waals surface area (Å²) in [7, 11) is -3.46. The Kier molecular flexibility index (Phi) is 3.80. The molecule has 0 N–H and O–H groups in total. The van der Waals surface area contributed by atoms with E-state index in [-0.39, 0.29) is 4.90 Å². The van der Waals surface area contributed by atoms with Crippen LogP contribution in [-0.2, 0) is 10.0 Å².